The van der Waals surface area contributed by atoms with Gasteiger partial charge in [0.05, 0.1) is 32.8 Å². The Morgan fingerprint density at radius 1 is 0.912 bits per heavy atom. The minimum absolute atomic E-state index is 0.299. The number of hydrogen-bond acceptors (Lipinski definition) is 7. The normalized spacial score (nSPS) is 29.0. The van der Waals surface area contributed by atoms with Crippen molar-refractivity contribution in [2.45, 2.75) is 23.2 Å². The third kappa shape index (κ3) is 2.74. The minimum Gasteiger partial charge on any atom is -0.497 e. The molecule has 5 atom stereocenters. The van der Waals surface area contributed by atoms with E-state index in [-0.39, 0.29) is 0 Å². The Kier molecular flexibility index (Phi) is 5.26. The molecule has 2 N–H and O–H groups in total. The molecule has 1 aliphatic heterocycles. The van der Waals surface area contributed by atoms with E-state index in [2.05, 4.69) is 0 Å². The van der Waals surface area contributed by atoms with E-state index in [4.69, 9.17) is 18.9 Å². The number of fused-ring (bicyclic) bond motifs is 3. The molecule has 7 nitrogen and oxygen atoms in total. The highest BCUT2D eigenvalue weighted by Crippen LogP contribution is 2.69. The molecule has 7 heteroatoms. The molecule has 5 rings (SSSR count). The summed E-state index contributed by atoms with van der Waals surface area (Å²) in [5.74, 6) is -1.19. The second-order valence-corrected chi connectivity index (χ2v) is 8.55. The van der Waals surface area contributed by atoms with Gasteiger partial charge in [-0.3, -0.25) is 4.79 Å². The van der Waals surface area contributed by atoms with Crippen LogP contribution in [0.1, 0.15) is 22.6 Å². The minimum atomic E-state index is -2.02. The third-order valence-electron chi connectivity index (χ3n) is 7.14. The fourth-order valence-corrected chi connectivity index (χ4v) is 5.74. The first-order valence-electron chi connectivity index (χ1n) is 11.0. The second kappa shape index (κ2) is 8.04. The first-order valence-corrected chi connectivity index (χ1v) is 11.0. The van der Waals surface area contributed by atoms with E-state index in [1.807, 2.05) is 30.3 Å². The molecule has 0 radical (unpaired) electrons. The molecule has 0 unspecified atom stereocenters. The maximum atomic E-state index is 13.1. The largest absolute Gasteiger partial charge is 0.497 e. The number of rotatable bonds is 5. The summed E-state index contributed by atoms with van der Waals surface area (Å²) in [6.45, 7) is 0. The molecule has 0 spiro atoms. The monoisotopic (exact) mass is 462 g/mol. The lowest BCUT2D eigenvalue weighted by molar-refractivity contribution is -0.161. The van der Waals surface area contributed by atoms with E-state index < -0.39 is 35.1 Å². The third-order valence-corrected chi connectivity index (χ3v) is 7.14. The summed E-state index contributed by atoms with van der Waals surface area (Å²) in [4.78, 5) is 13.1. The van der Waals surface area contributed by atoms with Crippen molar-refractivity contribution in [2.24, 2.45) is 5.92 Å². The molecule has 176 valence electrons. The summed E-state index contributed by atoms with van der Waals surface area (Å²) in [5.41, 5.74) is -1.99. The molecule has 34 heavy (non-hydrogen) atoms. The van der Waals surface area contributed by atoms with Crippen LogP contribution in [0.2, 0.25) is 0 Å². The standard InChI is InChI=1S/C27H26O7/c1-31-18-14-12-17(13-15-18)27-22(16-8-5-4-6-9-16)21(25(29)33-3)24(28)26(27,30)23-19(32-2)10-7-11-20(23)34-27/h4-15,21-22,24,28,30H,1-3H3/t21-,22-,24-,26+,27+/m1/s1. The predicted octanol–water partition coefficient (Wildman–Crippen LogP) is 3.13. The zero-order chi connectivity index (χ0) is 24.1. The highest BCUT2D eigenvalue weighted by atomic mass is 16.5. The van der Waals surface area contributed by atoms with Gasteiger partial charge in [0.2, 0.25) is 0 Å². The van der Waals surface area contributed by atoms with Crippen molar-refractivity contribution in [3.8, 4) is 17.2 Å². The maximum Gasteiger partial charge on any atom is 0.312 e. The lowest BCUT2D eigenvalue weighted by atomic mass is 9.70. The topological polar surface area (TPSA) is 94.5 Å². The molecule has 3 aromatic carbocycles. The first-order chi connectivity index (χ1) is 16.4. The van der Waals surface area contributed by atoms with Crippen LogP contribution in [0.5, 0.6) is 17.2 Å². The van der Waals surface area contributed by atoms with Gasteiger partial charge in [0.15, 0.2) is 11.2 Å². The summed E-state index contributed by atoms with van der Waals surface area (Å²) >= 11 is 0. The number of carbonyl (C=O) groups is 1. The fourth-order valence-electron chi connectivity index (χ4n) is 5.74. The average Bonchev–Trinajstić information content (AvgIpc) is 3.27. The van der Waals surface area contributed by atoms with Crippen LogP contribution in [-0.4, -0.2) is 43.6 Å². The quantitative estimate of drug-likeness (QED) is 0.563. The number of carbonyl (C=O) groups excluding carboxylic acids is 1. The van der Waals surface area contributed by atoms with Gasteiger partial charge in [-0.05, 0) is 35.4 Å². The van der Waals surface area contributed by atoms with Gasteiger partial charge in [-0.15, -0.1) is 0 Å². The van der Waals surface area contributed by atoms with Crippen LogP contribution in [0.4, 0.5) is 0 Å². The van der Waals surface area contributed by atoms with Crippen molar-refractivity contribution < 1.29 is 34.0 Å². The predicted molar refractivity (Wildman–Crippen MR) is 123 cm³/mol. The van der Waals surface area contributed by atoms with Gasteiger partial charge in [0.25, 0.3) is 0 Å². The van der Waals surface area contributed by atoms with Crippen molar-refractivity contribution in [1.29, 1.82) is 0 Å². The molecule has 2 aliphatic rings. The molecular weight excluding hydrogens is 436 g/mol. The van der Waals surface area contributed by atoms with E-state index in [0.29, 0.717) is 28.4 Å². The molecular formula is C27H26O7. The summed E-state index contributed by atoms with van der Waals surface area (Å²) in [7, 11) is 4.32. The van der Waals surface area contributed by atoms with Crippen LogP contribution in [0.15, 0.2) is 72.8 Å². The Morgan fingerprint density at radius 2 is 1.62 bits per heavy atom. The number of benzene rings is 3. The van der Waals surface area contributed by atoms with Crippen LogP contribution < -0.4 is 14.2 Å². The Hall–Kier alpha value is -3.55. The zero-order valence-electron chi connectivity index (χ0n) is 19.1. The maximum absolute atomic E-state index is 13.1. The van der Waals surface area contributed by atoms with Gasteiger partial charge in [-0.25, -0.2) is 0 Å². The van der Waals surface area contributed by atoms with E-state index in [9.17, 15) is 15.0 Å². The van der Waals surface area contributed by atoms with Crippen LogP contribution in [0.25, 0.3) is 0 Å². The molecule has 1 fully saturated rings. The SMILES string of the molecule is COC(=O)[C@H]1[C@@H](O)[C@@]2(O)c3c(OC)cccc3O[C@@]2(c2ccc(OC)cc2)[C@@H]1c1ccccc1. The molecule has 0 saturated heterocycles. The summed E-state index contributed by atoms with van der Waals surface area (Å²) in [6.07, 6.45) is -1.55. The van der Waals surface area contributed by atoms with Crippen molar-refractivity contribution >= 4 is 5.97 Å². The Bertz CT molecular complexity index is 1210. The summed E-state index contributed by atoms with van der Waals surface area (Å²) < 4.78 is 22.7. The van der Waals surface area contributed by atoms with Gasteiger partial charge in [0.1, 0.15) is 23.4 Å². The number of ether oxygens (including phenoxy) is 4. The first kappa shape index (κ1) is 22.3. The fraction of sp³-hybridized carbons (Fsp3) is 0.296. The van der Waals surface area contributed by atoms with Gasteiger partial charge < -0.3 is 29.2 Å². The second-order valence-electron chi connectivity index (χ2n) is 8.55. The number of aliphatic hydroxyl groups excluding tert-OH is 1. The summed E-state index contributed by atoms with van der Waals surface area (Å²) in [6, 6.07) is 21.5. The number of methoxy groups -OCH3 is 3. The molecule has 0 aromatic heterocycles. The average molecular weight is 462 g/mol. The molecule has 0 bridgehead atoms. The number of hydrogen-bond donors (Lipinski definition) is 2. The van der Waals surface area contributed by atoms with Gasteiger partial charge in [-0.1, -0.05) is 48.5 Å². The molecule has 0 amide bonds. The van der Waals surface area contributed by atoms with Crippen molar-refractivity contribution in [2.75, 3.05) is 21.3 Å². The molecule has 1 aliphatic carbocycles. The molecule has 1 saturated carbocycles. The molecule has 3 aromatic rings. The van der Waals surface area contributed by atoms with Crippen LogP contribution in [-0.2, 0) is 20.7 Å². The van der Waals surface area contributed by atoms with Crippen LogP contribution in [0, 0.1) is 5.92 Å². The van der Waals surface area contributed by atoms with Crippen molar-refractivity contribution in [1.82, 2.24) is 0 Å². The van der Waals surface area contributed by atoms with E-state index >= 15 is 0 Å². The van der Waals surface area contributed by atoms with E-state index in [1.165, 1.54) is 14.2 Å². The number of esters is 1. The van der Waals surface area contributed by atoms with Crippen molar-refractivity contribution in [3.05, 3.63) is 89.5 Å². The lowest BCUT2D eigenvalue weighted by Gasteiger charge is -2.40. The van der Waals surface area contributed by atoms with E-state index in [1.54, 1.807) is 49.6 Å². The van der Waals surface area contributed by atoms with Crippen LogP contribution >= 0.6 is 0 Å². The Morgan fingerprint density at radius 3 is 2.24 bits per heavy atom. The highest BCUT2D eigenvalue weighted by molar-refractivity contribution is 5.78. The summed E-state index contributed by atoms with van der Waals surface area (Å²) in [5, 5.41) is 24.3. The lowest BCUT2D eigenvalue weighted by Crippen LogP contribution is -2.52. The van der Waals surface area contributed by atoms with E-state index in [0.717, 1.165) is 5.56 Å². The van der Waals surface area contributed by atoms with Crippen LogP contribution in [0.3, 0.4) is 0 Å². The smallest absolute Gasteiger partial charge is 0.312 e. The van der Waals surface area contributed by atoms with Gasteiger partial charge in [-0.2, -0.15) is 0 Å². The van der Waals surface area contributed by atoms with Crippen molar-refractivity contribution in [3.63, 3.8) is 0 Å². The van der Waals surface area contributed by atoms with Gasteiger partial charge in [0, 0.05) is 5.92 Å². The zero-order valence-corrected chi connectivity index (χ0v) is 19.1. The Labute approximate surface area is 197 Å². The highest BCUT2D eigenvalue weighted by Gasteiger charge is 2.78. The number of aliphatic hydroxyl groups is 2. The van der Waals surface area contributed by atoms with Gasteiger partial charge >= 0.3 is 5.97 Å². The Balaban J connectivity index is 1.87. The molecule has 1 heterocycles.